The highest BCUT2D eigenvalue weighted by Gasteiger charge is 2.20. The van der Waals surface area contributed by atoms with Gasteiger partial charge in [-0.2, -0.15) is 11.3 Å². The third kappa shape index (κ3) is 5.02. The van der Waals surface area contributed by atoms with E-state index in [2.05, 4.69) is 18.2 Å². The quantitative estimate of drug-likeness (QED) is 0.290. The van der Waals surface area contributed by atoms with Gasteiger partial charge in [0, 0.05) is 36.2 Å². The number of nitrogens with zero attached hydrogens (tertiary/aromatic N) is 2. The first-order valence-corrected chi connectivity index (χ1v) is 12.9. The highest BCUT2D eigenvalue weighted by atomic mass is 35.5. The largest absolute Gasteiger partial charge is 0.383 e. The van der Waals surface area contributed by atoms with E-state index in [0.717, 1.165) is 46.1 Å². The van der Waals surface area contributed by atoms with E-state index in [1.807, 2.05) is 46.0 Å². The summed E-state index contributed by atoms with van der Waals surface area (Å²) in [7, 11) is 1.67. The number of benzene rings is 2. The number of carbonyl (C=O) groups is 1. The van der Waals surface area contributed by atoms with Crippen molar-refractivity contribution in [2.45, 2.75) is 32.2 Å². The minimum Gasteiger partial charge on any atom is -0.383 e. The number of hydrogen-bond acceptors (Lipinski definition) is 4. The molecule has 2 aromatic heterocycles. The Morgan fingerprint density at radius 2 is 1.91 bits per heavy atom. The summed E-state index contributed by atoms with van der Waals surface area (Å²) in [5.41, 5.74) is 7.80. The number of carbonyl (C=O) groups excluding carboxylic acids is 1. The van der Waals surface area contributed by atoms with Crippen LogP contribution in [0, 0.1) is 0 Å². The number of hydrogen-bond donors (Lipinski definition) is 0. The molecule has 1 aliphatic rings. The zero-order chi connectivity index (χ0) is 23.5. The van der Waals surface area contributed by atoms with E-state index in [4.69, 9.17) is 21.3 Å². The van der Waals surface area contributed by atoms with Crippen molar-refractivity contribution in [2.24, 2.45) is 0 Å². The number of thiophene rings is 1. The van der Waals surface area contributed by atoms with Gasteiger partial charge in [-0.25, -0.2) is 4.98 Å². The average molecular weight is 491 g/mol. The van der Waals surface area contributed by atoms with Crippen molar-refractivity contribution in [1.29, 1.82) is 0 Å². The normalized spacial score (nSPS) is 12.8. The second kappa shape index (κ2) is 10.3. The van der Waals surface area contributed by atoms with Crippen LogP contribution in [0.4, 0.5) is 0 Å². The van der Waals surface area contributed by atoms with Crippen molar-refractivity contribution in [3.63, 3.8) is 0 Å². The van der Waals surface area contributed by atoms with Gasteiger partial charge >= 0.3 is 0 Å². The van der Waals surface area contributed by atoms with Crippen molar-refractivity contribution in [3.05, 3.63) is 86.6 Å². The summed E-state index contributed by atoms with van der Waals surface area (Å²) in [5.74, 6) is 0.0894. The zero-order valence-corrected chi connectivity index (χ0v) is 20.8. The molecule has 2 heterocycles. The van der Waals surface area contributed by atoms with Crippen molar-refractivity contribution >= 4 is 39.7 Å². The van der Waals surface area contributed by atoms with E-state index in [-0.39, 0.29) is 5.91 Å². The molecule has 1 aliphatic carbocycles. The fraction of sp³-hybridized carbons (Fsp3) is 0.286. The van der Waals surface area contributed by atoms with Gasteiger partial charge in [0.25, 0.3) is 0 Å². The van der Waals surface area contributed by atoms with Crippen molar-refractivity contribution in [2.75, 3.05) is 20.3 Å². The molecule has 0 aliphatic heterocycles. The molecule has 0 spiro atoms. The molecule has 4 aromatic rings. The summed E-state index contributed by atoms with van der Waals surface area (Å²) in [6.45, 7) is 1.49. The summed E-state index contributed by atoms with van der Waals surface area (Å²) >= 11 is 7.77. The summed E-state index contributed by atoms with van der Waals surface area (Å²) in [6, 6.07) is 16.5. The predicted octanol–water partition coefficient (Wildman–Crippen LogP) is 6.32. The van der Waals surface area contributed by atoms with E-state index in [9.17, 15) is 4.79 Å². The van der Waals surface area contributed by atoms with Crippen LogP contribution in [0.25, 0.3) is 22.2 Å². The lowest BCUT2D eigenvalue weighted by atomic mass is 10.00. The minimum absolute atomic E-state index is 0.0894. The Bertz CT molecular complexity index is 1300. The monoisotopic (exact) mass is 490 g/mol. The van der Waals surface area contributed by atoms with Crippen LogP contribution in [0.5, 0.6) is 0 Å². The van der Waals surface area contributed by atoms with Crippen LogP contribution in [0.1, 0.15) is 28.7 Å². The molecule has 0 radical (unpaired) electrons. The molecule has 34 heavy (non-hydrogen) atoms. The first-order chi connectivity index (χ1) is 16.6. The number of aromatic nitrogens is 1. The lowest BCUT2D eigenvalue weighted by molar-refractivity contribution is -0.131. The third-order valence-corrected chi connectivity index (χ3v) is 7.42. The second-order valence-electron chi connectivity index (χ2n) is 8.79. The van der Waals surface area contributed by atoms with E-state index in [1.54, 1.807) is 18.4 Å². The van der Waals surface area contributed by atoms with Gasteiger partial charge in [-0.3, -0.25) is 4.79 Å². The maximum absolute atomic E-state index is 13.3. The molecule has 0 fully saturated rings. The van der Waals surface area contributed by atoms with Gasteiger partial charge < -0.3 is 9.64 Å². The molecule has 0 saturated carbocycles. The number of fused-ring (bicyclic) bond motifs is 2. The molecule has 4 nitrogen and oxygen atoms in total. The van der Waals surface area contributed by atoms with Gasteiger partial charge in [-0.1, -0.05) is 23.7 Å². The maximum Gasteiger partial charge on any atom is 0.227 e. The maximum atomic E-state index is 13.3. The van der Waals surface area contributed by atoms with Gasteiger partial charge in [0.15, 0.2) is 0 Å². The van der Waals surface area contributed by atoms with Crippen LogP contribution >= 0.6 is 22.9 Å². The van der Waals surface area contributed by atoms with Crippen LogP contribution in [0.3, 0.4) is 0 Å². The summed E-state index contributed by atoms with van der Waals surface area (Å²) in [5, 5.41) is 5.86. The SMILES string of the molecule is COCCN(Cc1cc2cc3c(cc2nc1-c1ccc(Cl)cc1)CCC3)C(=O)Cc1ccsc1. The molecule has 5 rings (SSSR count). The van der Waals surface area contributed by atoms with Crippen molar-refractivity contribution in [3.8, 4) is 11.3 Å². The highest BCUT2D eigenvalue weighted by Crippen LogP contribution is 2.32. The van der Waals surface area contributed by atoms with Crippen LogP contribution in [0.15, 0.2) is 59.3 Å². The number of ether oxygens (including phenoxy) is 1. The molecule has 1 amide bonds. The fourth-order valence-corrected chi connectivity index (χ4v) is 5.44. The number of halogens is 1. The Labute approximate surface area is 209 Å². The predicted molar refractivity (Wildman–Crippen MR) is 140 cm³/mol. The average Bonchev–Trinajstić information content (AvgIpc) is 3.52. The molecule has 174 valence electrons. The smallest absolute Gasteiger partial charge is 0.227 e. The first kappa shape index (κ1) is 23.0. The first-order valence-electron chi connectivity index (χ1n) is 11.6. The molecular formula is C28H27ClN2O2S. The van der Waals surface area contributed by atoms with Crippen LogP contribution in [-0.2, 0) is 35.3 Å². The van der Waals surface area contributed by atoms with Crippen LogP contribution in [0.2, 0.25) is 5.02 Å². The standard InChI is InChI=1S/C28H27ClN2O2S/c1-33-11-10-31(27(32)13-19-9-12-34-18-19)17-24-15-23-14-21-3-2-4-22(21)16-26(23)30-28(24)20-5-7-25(29)8-6-20/h5-9,12,14-16,18H,2-4,10-11,13,17H2,1H3. The van der Waals surface area contributed by atoms with Gasteiger partial charge in [0.2, 0.25) is 5.91 Å². The van der Waals surface area contributed by atoms with Gasteiger partial charge in [0.05, 0.1) is 24.2 Å². The molecule has 6 heteroatoms. The number of amides is 1. The Balaban J connectivity index is 1.55. The number of rotatable bonds is 8. The molecule has 0 atom stereocenters. The Kier molecular flexibility index (Phi) is 6.95. The molecule has 0 bridgehead atoms. The van der Waals surface area contributed by atoms with Crippen LogP contribution in [-0.4, -0.2) is 36.1 Å². The highest BCUT2D eigenvalue weighted by molar-refractivity contribution is 7.08. The number of methoxy groups -OCH3 is 1. The van der Waals surface area contributed by atoms with Gasteiger partial charge in [-0.15, -0.1) is 0 Å². The van der Waals surface area contributed by atoms with E-state index < -0.39 is 0 Å². The summed E-state index contributed by atoms with van der Waals surface area (Å²) in [4.78, 5) is 20.3. The summed E-state index contributed by atoms with van der Waals surface area (Å²) in [6.07, 6.45) is 3.83. The fourth-order valence-electron chi connectivity index (χ4n) is 4.65. The van der Waals surface area contributed by atoms with Gasteiger partial charge in [0.1, 0.15) is 0 Å². The Morgan fingerprint density at radius 1 is 1.12 bits per heavy atom. The van der Waals surface area contributed by atoms with E-state index >= 15 is 0 Å². The zero-order valence-electron chi connectivity index (χ0n) is 19.2. The van der Waals surface area contributed by atoms with Gasteiger partial charge in [-0.05, 0) is 88.7 Å². The van der Waals surface area contributed by atoms with E-state index in [0.29, 0.717) is 31.1 Å². The van der Waals surface area contributed by atoms with Crippen LogP contribution < -0.4 is 0 Å². The topological polar surface area (TPSA) is 42.4 Å². The number of aryl methyl sites for hydroxylation is 2. The molecule has 2 aromatic carbocycles. The van der Waals surface area contributed by atoms with Crippen molar-refractivity contribution in [1.82, 2.24) is 9.88 Å². The third-order valence-electron chi connectivity index (χ3n) is 6.44. The number of pyridine rings is 1. The molecule has 0 N–H and O–H groups in total. The summed E-state index contributed by atoms with van der Waals surface area (Å²) < 4.78 is 5.32. The Morgan fingerprint density at radius 3 is 2.65 bits per heavy atom. The molecule has 0 unspecified atom stereocenters. The van der Waals surface area contributed by atoms with E-state index in [1.165, 1.54) is 17.5 Å². The second-order valence-corrected chi connectivity index (χ2v) is 10.0. The van der Waals surface area contributed by atoms with Crippen molar-refractivity contribution < 1.29 is 9.53 Å². The lowest BCUT2D eigenvalue weighted by Gasteiger charge is -2.24. The Hall–Kier alpha value is -2.73. The lowest BCUT2D eigenvalue weighted by Crippen LogP contribution is -2.34. The molecule has 0 saturated heterocycles. The minimum atomic E-state index is 0.0894. The molecular weight excluding hydrogens is 464 g/mol.